The molecule has 2 heterocycles. The van der Waals surface area contributed by atoms with Crippen molar-refractivity contribution in [3.63, 3.8) is 0 Å². The summed E-state index contributed by atoms with van der Waals surface area (Å²) in [6, 6.07) is 8.88. The van der Waals surface area contributed by atoms with E-state index in [4.69, 9.17) is 11.6 Å². The molecule has 0 fully saturated rings. The number of nitriles is 1. The van der Waals surface area contributed by atoms with Gasteiger partial charge < -0.3 is 5.32 Å². The lowest BCUT2D eigenvalue weighted by Gasteiger charge is -2.12. The Kier molecular flexibility index (Phi) is 4.23. The van der Waals surface area contributed by atoms with Crippen LogP contribution >= 0.6 is 22.9 Å². The fourth-order valence-electron chi connectivity index (χ4n) is 2.27. The Morgan fingerprint density at radius 1 is 1.36 bits per heavy atom. The van der Waals surface area contributed by atoms with Crippen LogP contribution in [0.2, 0.25) is 5.02 Å². The summed E-state index contributed by atoms with van der Waals surface area (Å²) in [4.78, 5) is 5.25. The summed E-state index contributed by atoms with van der Waals surface area (Å²) in [5.74, 6) is -0.454. The zero-order chi connectivity index (χ0) is 15.5. The summed E-state index contributed by atoms with van der Waals surface area (Å²) in [6.07, 6.45) is 2.19. The third-order valence-corrected chi connectivity index (χ3v) is 4.54. The van der Waals surface area contributed by atoms with Crippen molar-refractivity contribution in [2.75, 3.05) is 11.9 Å². The number of hydrogen-bond donors (Lipinski definition) is 1. The van der Waals surface area contributed by atoms with Gasteiger partial charge in [0.15, 0.2) is 0 Å². The maximum atomic E-state index is 13.9. The Morgan fingerprint density at radius 3 is 2.95 bits per heavy atom. The van der Waals surface area contributed by atoms with Crippen LogP contribution < -0.4 is 5.32 Å². The molecule has 0 atom stereocenters. The maximum Gasteiger partial charge on any atom is 0.149 e. The minimum absolute atomic E-state index is 0.171. The second-order valence-corrected chi connectivity index (χ2v) is 6.11. The van der Waals surface area contributed by atoms with E-state index >= 15 is 0 Å². The van der Waals surface area contributed by atoms with Crippen LogP contribution in [0.3, 0.4) is 0 Å². The summed E-state index contributed by atoms with van der Waals surface area (Å²) in [6.45, 7) is 0.626. The topological polar surface area (TPSA) is 48.7 Å². The van der Waals surface area contributed by atoms with Gasteiger partial charge in [-0.05, 0) is 30.0 Å². The molecule has 22 heavy (non-hydrogen) atoms. The molecule has 110 valence electrons. The van der Waals surface area contributed by atoms with Crippen LogP contribution in [0.5, 0.6) is 0 Å². The lowest BCUT2D eigenvalue weighted by molar-refractivity contribution is 0.637. The van der Waals surface area contributed by atoms with E-state index in [1.165, 1.54) is 23.2 Å². The highest BCUT2D eigenvalue weighted by atomic mass is 35.5. The number of fused-ring (bicyclic) bond motifs is 1. The zero-order valence-corrected chi connectivity index (χ0v) is 13.0. The molecule has 0 aliphatic heterocycles. The highest BCUT2D eigenvalue weighted by Gasteiger charge is 2.14. The van der Waals surface area contributed by atoms with Crippen LogP contribution in [0.4, 0.5) is 10.1 Å². The van der Waals surface area contributed by atoms with E-state index in [0.717, 1.165) is 6.42 Å². The Bertz CT molecular complexity index is 856. The summed E-state index contributed by atoms with van der Waals surface area (Å²) >= 11 is 7.86. The van der Waals surface area contributed by atoms with Gasteiger partial charge in [0.05, 0.1) is 16.3 Å². The van der Waals surface area contributed by atoms with Gasteiger partial charge in [0.25, 0.3) is 0 Å². The number of hydrogen-bond acceptors (Lipinski definition) is 4. The maximum absolute atomic E-state index is 13.9. The second kappa shape index (κ2) is 6.30. The fourth-order valence-corrected chi connectivity index (χ4v) is 3.22. The number of rotatable bonds is 4. The molecule has 0 spiro atoms. The normalized spacial score (nSPS) is 10.6. The Hall–Kier alpha value is -2.16. The van der Waals surface area contributed by atoms with Gasteiger partial charge in [-0.2, -0.15) is 5.26 Å². The van der Waals surface area contributed by atoms with Gasteiger partial charge in [-0.15, -0.1) is 11.3 Å². The van der Waals surface area contributed by atoms with Gasteiger partial charge in [0.1, 0.15) is 17.4 Å². The number of aromatic nitrogens is 1. The van der Waals surface area contributed by atoms with E-state index < -0.39 is 5.82 Å². The minimum Gasteiger partial charge on any atom is -0.383 e. The van der Waals surface area contributed by atoms with Crippen molar-refractivity contribution in [3.8, 4) is 6.07 Å². The molecule has 6 heteroatoms. The average Bonchev–Trinajstić information content (AvgIpc) is 3.04. The van der Waals surface area contributed by atoms with Crippen molar-refractivity contribution in [2.45, 2.75) is 6.42 Å². The largest absolute Gasteiger partial charge is 0.383 e. The molecule has 0 bridgehead atoms. The molecule has 1 N–H and O–H groups in total. The first kappa shape index (κ1) is 14.8. The number of anilines is 1. The van der Waals surface area contributed by atoms with Gasteiger partial charge in [0.2, 0.25) is 0 Å². The summed E-state index contributed by atoms with van der Waals surface area (Å²) in [7, 11) is 0. The van der Waals surface area contributed by atoms with Crippen molar-refractivity contribution in [2.24, 2.45) is 0 Å². The average molecular weight is 332 g/mol. The van der Waals surface area contributed by atoms with Crippen LogP contribution in [-0.4, -0.2) is 11.5 Å². The van der Waals surface area contributed by atoms with Crippen molar-refractivity contribution >= 4 is 39.5 Å². The Balaban J connectivity index is 1.99. The predicted molar refractivity (Wildman–Crippen MR) is 87.9 cm³/mol. The van der Waals surface area contributed by atoms with Crippen molar-refractivity contribution in [1.29, 1.82) is 5.26 Å². The fraction of sp³-hybridized carbons (Fsp3) is 0.125. The third-order valence-electron chi connectivity index (χ3n) is 3.29. The first-order chi connectivity index (χ1) is 10.7. The molecular weight excluding hydrogens is 321 g/mol. The van der Waals surface area contributed by atoms with Crippen LogP contribution in [0.1, 0.15) is 10.4 Å². The lowest BCUT2D eigenvalue weighted by Crippen LogP contribution is -2.07. The molecule has 3 aromatic rings. The summed E-state index contributed by atoms with van der Waals surface area (Å²) in [5.41, 5.74) is 1.06. The first-order valence-corrected chi connectivity index (χ1v) is 7.89. The first-order valence-electron chi connectivity index (χ1n) is 6.64. The van der Waals surface area contributed by atoms with Gasteiger partial charge in [-0.25, -0.2) is 4.39 Å². The highest BCUT2D eigenvalue weighted by molar-refractivity contribution is 7.09. The van der Waals surface area contributed by atoms with Crippen molar-refractivity contribution < 1.29 is 4.39 Å². The highest BCUT2D eigenvalue weighted by Crippen LogP contribution is 2.33. The number of pyridine rings is 1. The Labute approximate surface area is 136 Å². The van der Waals surface area contributed by atoms with Gasteiger partial charge in [-0.1, -0.05) is 17.7 Å². The third kappa shape index (κ3) is 2.76. The van der Waals surface area contributed by atoms with Crippen molar-refractivity contribution in [3.05, 3.63) is 57.1 Å². The predicted octanol–water partition coefficient (Wildman–Crippen LogP) is 4.62. The minimum atomic E-state index is -0.454. The molecule has 0 aliphatic rings. The van der Waals surface area contributed by atoms with Gasteiger partial charge >= 0.3 is 0 Å². The van der Waals surface area contributed by atoms with Crippen LogP contribution in [0.25, 0.3) is 10.9 Å². The van der Waals surface area contributed by atoms with E-state index in [1.54, 1.807) is 11.3 Å². The molecule has 0 radical (unpaired) electrons. The number of benzene rings is 1. The van der Waals surface area contributed by atoms with Gasteiger partial charge in [0, 0.05) is 23.0 Å². The SMILES string of the molecule is N#Cc1cnc2c(F)ccc(Cl)c2c1NCCc1cccs1. The molecule has 2 aromatic heterocycles. The zero-order valence-electron chi connectivity index (χ0n) is 11.4. The standard InChI is InChI=1S/C16H11ClFN3S/c17-12-3-4-13(18)16-14(12)15(10(8-19)9-21-16)20-6-5-11-2-1-7-22-11/h1-4,7,9H,5-6H2,(H,20,21). The molecule has 0 saturated carbocycles. The summed E-state index contributed by atoms with van der Waals surface area (Å²) < 4.78 is 13.9. The van der Waals surface area contributed by atoms with Gasteiger partial charge in [-0.3, -0.25) is 4.98 Å². The summed E-state index contributed by atoms with van der Waals surface area (Å²) in [5, 5.41) is 15.3. The number of nitrogens with zero attached hydrogens (tertiary/aromatic N) is 2. The smallest absolute Gasteiger partial charge is 0.149 e. The monoisotopic (exact) mass is 331 g/mol. The molecule has 0 aliphatic carbocycles. The lowest BCUT2D eigenvalue weighted by atomic mass is 10.1. The number of halogens is 2. The second-order valence-electron chi connectivity index (χ2n) is 4.67. The van der Waals surface area contributed by atoms with Crippen LogP contribution in [0, 0.1) is 17.1 Å². The molecule has 0 amide bonds. The number of nitrogens with one attached hydrogen (secondary N) is 1. The van der Waals surface area contributed by atoms with E-state index in [2.05, 4.69) is 22.4 Å². The van der Waals surface area contributed by atoms with E-state index in [1.807, 2.05) is 11.4 Å². The van der Waals surface area contributed by atoms with Crippen molar-refractivity contribution in [1.82, 2.24) is 4.98 Å². The van der Waals surface area contributed by atoms with E-state index in [9.17, 15) is 9.65 Å². The van der Waals surface area contributed by atoms with Crippen LogP contribution in [0.15, 0.2) is 35.8 Å². The molecular formula is C16H11ClFN3S. The number of thiophene rings is 1. The quantitative estimate of drug-likeness (QED) is 0.759. The molecule has 3 nitrogen and oxygen atoms in total. The molecule has 0 saturated heterocycles. The molecule has 1 aromatic carbocycles. The Morgan fingerprint density at radius 2 is 2.23 bits per heavy atom. The van der Waals surface area contributed by atoms with E-state index in [0.29, 0.717) is 28.2 Å². The molecule has 3 rings (SSSR count). The molecule has 0 unspecified atom stereocenters. The van der Waals surface area contributed by atoms with E-state index in [-0.39, 0.29) is 5.52 Å². The van der Waals surface area contributed by atoms with Crippen LogP contribution in [-0.2, 0) is 6.42 Å².